The van der Waals surface area contributed by atoms with Crippen LogP contribution in [0.2, 0.25) is 0 Å². The molecule has 2 aromatic rings. The molecular formula is C24H30ClN3O. The molecule has 4 nitrogen and oxygen atoms in total. The van der Waals surface area contributed by atoms with Gasteiger partial charge in [0.25, 0.3) is 0 Å². The molecule has 29 heavy (non-hydrogen) atoms. The predicted octanol–water partition coefficient (Wildman–Crippen LogP) is 3.22. The Kier molecular flexibility index (Phi) is 6.66. The van der Waals surface area contributed by atoms with Crippen molar-refractivity contribution in [3.8, 4) is 16.9 Å². The van der Waals surface area contributed by atoms with Gasteiger partial charge in [-0.1, -0.05) is 31.1 Å². The van der Waals surface area contributed by atoms with Crippen molar-refractivity contribution in [1.29, 1.82) is 0 Å². The van der Waals surface area contributed by atoms with Gasteiger partial charge in [-0.15, -0.1) is 12.4 Å². The molecule has 1 heterocycles. The Balaban J connectivity index is 0.00000240. The third-order valence-corrected chi connectivity index (χ3v) is 5.90. The highest BCUT2D eigenvalue weighted by Crippen LogP contribution is 2.30. The van der Waals surface area contributed by atoms with Gasteiger partial charge in [0.1, 0.15) is 0 Å². The zero-order valence-electron chi connectivity index (χ0n) is 17.7. The molecule has 0 radical (unpaired) electrons. The van der Waals surface area contributed by atoms with Crippen molar-refractivity contribution in [3.05, 3.63) is 45.8 Å². The second kappa shape index (κ2) is 9.02. The molecule has 0 aromatic heterocycles. The number of halogens is 1. The van der Waals surface area contributed by atoms with Crippen molar-refractivity contribution in [2.75, 3.05) is 38.6 Å². The normalized spacial score (nSPS) is 13.3. The summed E-state index contributed by atoms with van der Waals surface area (Å²) in [5.41, 5.74) is 6.58. The molecule has 0 bridgehead atoms. The van der Waals surface area contributed by atoms with Crippen LogP contribution in [0.1, 0.15) is 25.0 Å². The molecule has 2 aliphatic rings. The van der Waals surface area contributed by atoms with E-state index in [1.807, 2.05) is 0 Å². The van der Waals surface area contributed by atoms with Crippen LogP contribution in [0.3, 0.4) is 0 Å². The van der Waals surface area contributed by atoms with E-state index in [-0.39, 0.29) is 12.4 Å². The molecule has 154 valence electrons. The lowest BCUT2D eigenvalue weighted by molar-refractivity contribution is 0.300. The van der Waals surface area contributed by atoms with Crippen molar-refractivity contribution in [1.82, 2.24) is 4.90 Å². The fourth-order valence-corrected chi connectivity index (χ4v) is 4.20. The van der Waals surface area contributed by atoms with E-state index in [4.69, 9.17) is 4.84 Å². The van der Waals surface area contributed by atoms with Gasteiger partial charge in [0.15, 0.2) is 5.75 Å². The average Bonchev–Trinajstić information content (AvgIpc) is 2.73. The number of fused-ring (bicyclic) bond motifs is 4. The Hall–Kier alpha value is -2.30. The quantitative estimate of drug-likeness (QED) is 0.730. The zero-order valence-corrected chi connectivity index (χ0v) is 18.6. The van der Waals surface area contributed by atoms with Gasteiger partial charge in [0, 0.05) is 37.1 Å². The second-order valence-corrected chi connectivity index (χ2v) is 7.67. The molecule has 0 saturated heterocycles. The summed E-state index contributed by atoms with van der Waals surface area (Å²) in [6.07, 6.45) is 8.09. The maximum absolute atomic E-state index is 5.75. The van der Waals surface area contributed by atoms with Crippen LogP contribution in [0.4, 0.5) is 5.69 Å². The van der Waals surface area contributed by atoms with E-state index in [0.29, 0.717) is 0 Å². The van der Waals surface area contributed by atoms with Crippen LogP contribution in [0.15, 0.2) is 29.4 Å². The van der Waals surface area contributed by atoms with Crippen molar-refractivity contribution < 1.29 is 4.84 Å². The number of hydrogen-bond donors (Lipinski definition) is 0. The number of benzene rings is 2. The highest BCUT2D eigenvalue weighted by atomic mass is 35.5. The summed E-state index contributed by atoms with van der Waals surface area (Å²) in [7, 11) is 4.19. The van der Waals surface area contributed by atoms with Gasteiger partial charge in [-0.2, -0.15) is 0 Å². The van der Waals surface area contributed by atoms with Crippen LogP contribution in [0, 0.1) is 0 Å². The number of rotatable bonds is 6. The standard InChI is InChI=1S/C24H29N3O.ClH/c1-5-27(6-2)14-12-22-21-9-7-17-15-19(26(3)4)8-10-20(17)23(21)16-18-11-13-25-28-24(18)22;/h8-11,13,15-16H,5-7,12,14H2,1-4H3;1H. The minimum absolute atomic E-state index is 0. The maximum atomic E-state index is 5.75. The van der Waals surface area contributed by atoms with Gasteiger partial charge in [0.2, 0.25) is 0 Å². The van der Waals surface area contributed by atoms with E-state index in [1.54, 1.807) is 6.21 Å². The van der Waals surface area contributed by atoms with Gasteiger partial charge in [-0.25, -0.2) is 0 Å². The first kappa shape index (κ1) is 21.4. The van der Waals surface area contributed by atoms with Crippen molar-refractivity contribution in [3.63, 3.8) is 0 Å². The third-order valence-electron chi connectivity index (χ3n) is 5.90. The van der Waals surface area contributed by atoms with Crippen LogP contribution in [-0.2, 0) is 12.8 Å². The molecule has 0 unspecified atom stereocenters. The molecule has 1 aliphatic carbocycles. The Morgan fingerprint density at radius 3 is 2.59 bits per heavy atom. The minimum Gasteiger partial charge on any atom is -0.378 e. The molecule has 0 atom stereocenters. The van der Waals surface area contributed by atoms with Crippen LogP contribution >= 0.6 is 12.4 Å². The van der Waals surface area contributed by atoms with Crippen LogP contribution < -0.4 is 20.2 Å². The minimum atomic E-state index is 0. The molecule has 4 rings (SSSR count). The number of nitrogens with zero attached hydrogens (tertiary/aromatic N) is 3. The zero-order chi connectivity index (χ0) is 19.7. The van der Waals surface area contributed by atoms with Crippen LogP contribution in [-0.4, -0.2) is 44.8 Å². The van der Waals surface area contributed by atoms with Gasteiger partial charge >= 0.3 is 0 Å². The van der Waals surface area contributed by atoms with E-state index in [2.05, 4.69) is 79.3 Å². The molecule has 0 spiro atoms. The van der Waals surface area contributed by atoms with E-state index in [1.165, 1.54) is 33.2 Å². The summed E-state index contributed by atoms with van der Waals surface area (Å²) in [4.78, 5) is 10.4. The molecule has 0 N–H and O–H groups in total. The van der Waals surface area contributed by atoms with Crippen LogP contribution in [0.5, 0.6) is 5.75 Å². The topological polar surface area (TPSA) is 28.1 Å². The van der Waals surface area contributed by atoms with E-state index >= 15 is 0 Å². The van der Waals surface area contributed by atoms with E-state index < -0.39 is 0 Å². The highest BCUT2D eigenvalue weighted by Gasteiger charge is 2.20. The molecular weight excluding hydrogens is 382 g/mol. The first-order chi connectivity index (χ1) is 13.6. The summed E-state index contributed by atoms with van der Waals surface area (Å²) in [6, 6.07) is 9.06. The SMILES string of the molecule is CCN(CC)CCc1c2c(cc3c1=CCc1cc(N(C)C)ccc1-3)=CC=NO2.Cl. The largest absolute Gasteiger partial charge is 0.378 e. The molecule has 1 aliphatic heterocycles. The third kappa shape index (κ3) is 4.05. The molecule has 0 amide bonds. The molecule has 5 heteroatoms. The lowest BCUT2D eigenvalue weighted by Crippen LogP contribution is -2.30. The van der Waals surface area contributed by atoms with E-state index in [9.17, 15) is 0 Å². The summed E-state index contributed by atoms with van der Waals surface area (Å²) < 4.78 is 0. The van der Waals surface area contributed by atoms with Crippen molar-refractivity contribution >= 4 is 36.5 Å². The Morgan fingerprint density at radius 1 is 1.07 bits per heavy atom. The lowest BCUT2D eigenvalue weighted by atomic mass is 9.87. The number of hydrogen-bond acceptors (Lipinski definition) is 4. The number of likely N-dealkylation sites (N-methyl/N-ethyl adjacent to an activating group) is 1. The fraction of sp³-hybridized carbons (Fsp3) is 0.375. The van der Waals surface area contributed by atoms with Gasteiger partial charge in [0.05, 0.1) is 6.21 Å². The average molecular weight is 412 g/mol. The lowest BCUT2D eigenvalue weighted by Gasteiger charge is -2.23. The van der Waals surface area contributed by atoms with Crippen molar-refractivity contribution in [2.24, 2.45) is 5.16 Å². The number of anilines is 1. The second-order valence-electron chi connectivity index (χ2n) is 7.67. The van der Waals surface area contributed by atoms with Gasteiger partial charge in [-0.3, -0.25) is 0 Å². The smallest absolute Gasteiger partial charge is 0.169 e. The van der Waals surface area contributed by atoms with E-state index in [0.717, 1.165) is 43.4 Å². The van der Waals surface area contributed by atoms with Gasteiger partial charge in [-0.05, 0) is 72.1 Å². The van der Waals surface area contributed by atoms with Crippen molar-refractivity contribution in [2.45, 2.75) is 26.7 Å². The Bertz CT molecular complexity index is 1040. The summed E-state index contributed by atoms with van der Waals surface area (Å²) in [5, 5.41) is 6.50. The summed E-state index contributed by atoms with van der Waals surface area (Å²) in [6.45, 7) is 7.61. The molecule has 2 aromatic carbocycles. The Morgan fingerprint density at radius 2 is 1.86 bits per heavy atom. The first-order valence-electron chi connectivity index (χ1n) is 10.2. The fourth-order valence-electron chi connectivity index (χ4n) is 4.20. The maximum Gasteiger partial charge on any atom is 0.169 e. The van der Waals surface area contributed by atoms with Gasteiger partial charge < -0.3 is 14.6 Å². The number of oxime groups is 1. The predicted molar refractivity (Wildman–Crippen MR) is 126 cm³/mol. The summed E-state index contributed by atoms with van der Waals surface area (Å²) in [5.74, 6) is 0.929. The molecule has 0 fully saturated rings. The van der Waals surface area contributed by atoms with Crippen LogP contribution in [0.25, 0.3) is 23.3 Å². The monoisotopic (exact) mass is 411 g/mol. The summed E-state index contributed by atoms with van der Waals surface area (Å²) >= 11 is 0. The highest BCUT2D eigenvalue weighted by molar-refractivity contribution is 5.92. The first-order valence-corrected chi connectivity index (χ1v) is 10.2. The molecule has 0 saturated carbocycles. The Labute approximate surface area is 179 Å².